The Labute approximate surface area is 118 Å². The summed E-state index contributed by atoms with van der Waals surface area (Å²) in [4.78, 5) is 0. The number of benzene rings is 1. The number of allylic oxidation sites excluding steroid dienone is 2. The van der Waals surface area contributed by atoms with Gasteiger partial charge in [-0.15, -0.1) is 0 Å². The average molecular weight is 278 g/mol. The summed E-state index contributed by atoms with van der Waals surface area (Å²) in [5, 5.41) is 5.14. The predicted octanol–water partition coefficient (Wildman–Crippen LogP) is 2.56. The molecule has 19 heavy (non-hydrogen) atoms. The third-order valence-corrected chi connectivity index (χ3v) is 4.14. The summed E-state index contributed by atoms with van der Waals surface area (Å²) in [6.07, 6.45) is 6.90. The van der Waals surface area contributed by atoms with Gasteiger partial charge in [0.2, 0.25) is 0 Å². The molecule has 4 heteroatoms. The molecule has 0 aromatic heterocycles. The van der Waals surface area contributed by atoms with E-state index in [1.165, 1.54) is 36.0 Å². The van der Waals surface area contributed by atoms with Crippen molar-refractivity contribution in [3.63, 3.8) is 0 Å². The van der Waals surface area contributed by atoms with Crippen LogP contribution in [0.1, 0.15) is 37.3 Å². The van der Waals surface area contributed by atoms with E-state index in [9.17, 15) is 4.21 Å². The predicted molar refractivity (Wildman–Crippen MR) is 81.5 cm³/mol. The zero-order valence-corrected chi connectivity index (χ0v) is 12.2. The summed E-state index contributed by atoms with van der Waals surface area (Å²) in [7, 11) is 0. The monoisotopic (exact) mass is 278 g/mol. The standard InChI is InChI=1S/C15H22N2OS/c1-12-2-6-14(7-3-12)15-8-4-13(5-9-15)10-11-17-19(16)18/h4-6,8-9,12,17H,2-3,7,10-11,16H2,1H3. The normalized spacial score (nSPS) is 20.9. The highest BCUT2D eigenvalue weighted by molar-refractivity contribution is 7.80. The molecule has 2 unspecified atom stereocenters. The van der Waals surface area contributed by atoms with Gasteiger partial charge in [-0.1, -0.05) is 37.3 Å². The Morgan fingerprint density at radius 1 is 1.37 bits per heavy atom. The molecule has 0 amide bonds. The molecule has 1 aliphatic carbocycles. The summed E-state index contributed by atoms with van der Waals surface area (Å²) in [5.74, 6) is 0.825. The lowest BCUT2D eigenvalue weighted by Crippen LogP contribution is -2.25. The van der Waals surface area contributed by atoms with E-state index in [2.05, 4.69) is 42.0 Å². The van der Waals surface area contributed by atoms with E-state index in [0.29, 0.717) is 6.54 Å². The molecule has 0 aliphatic heterocycles. The third-order valence-electron chi connectivity index (χ3n) is 3.66. The molecule has 1 aromatic rings. The van der Waals surface area contributed by atoms with Crippen molar-refractivity contribution in [1.82, 2.24) is 4.72 Å². The van der Waals surface area contributed by atoms with Crippen molar-refractivity contribution in [2.45, 2.75) is 32.6 Å². The molecule has 1 aromatic carbocycles. The maximum Gasteiger partial charge on any atom is 0.164 e. The minimum absolute atomic E-state index is 0.642. The third kappa shape index (κ3) is 4.56. The molecule has 0 bridgehead atoms. The summed E-state index contributed by atoms with van der Waals surface area (Å²) < 4.78 is 13.4. The Morgan fingerprint density at radius 3 is 2.68 bits per heavy atom. The molecule has 0 saturated carbocycles. The average Bonchev–Trinajstić information content (AvgIpc) is 2.40. The molecule has 1 aliphatic rings. The quantitative estimate of drug-likeness (QED) is 0.854. The lowest BCUT2D eigenvalue weighted by atomic mass is 9.87. The van der Waals surface area contributed by atoms with E-state index in [0.717, 1.165) is 12.3 Å². The Balaban J connectivity index is 1.93. The molecule has 104 valence electrons. The van der Waals surface area contributed by atoms with Crippen molar-refractivity contribution >= 4 is 16.7 Å². The Hall–Kier alpha value is -0.970. The second-order valence-corrected chi connectivity index (χ2v) is 6.13. The van der Waals surface area contributed by atoms with E-state index in [1.807, 2.05) is 0 Å². The van der Waals surface area contributed by atoms with E-state index < -0.39 is 11.2 Å². The van der Waals surface area contributed by atoms with Crippen LogP contribution in [0.15, 0.2) is 30.3 Å². The number of nitrogens with one attached hydrogen (secondary N) is 1. The molecule has 3 nitrogen and oxygen atoms in total. The van der Waals surface area contributed by atoms with Gasteiger partial charge >= 0.3 is 0 Å². The van der Waals surface area contributed by atoms with Crippen LogP contribution in [0.4, 0.5) is 0 Å². The first-order chi connectivity index (χ1) is 9.15. The molecule has 2 atom stereocenters. The van der Waals surface area contributed by atoms with Gasteiger partial charge in [0, 0.05) is 6.54 Å². The van der Waals surface area contributed by atoms with Gasteiger partial charge in [0.15, 0.2) is 11.2 Å². The highest BCUT2D eigenvalue weighted by Crippen LogP contribution is 2.29. The van der Waals surface area contributed by atoms with Gasteiger partial charge in [-0.05, 0) is 48.3 Å². The zero-order valence-electron chi connectivity index (χ0n) is 11.4. The summed E-state index contributed by atoms with van der Waals surface area (Å²) in [6.45, 7) is 2.95. The molecule has 0 spiro atoms. The van der Waals surface area contributed by atoms with Gasteiger partial charge in [-0.25, -0.2) is 14.1 Å². The minimum Gasteiger partial charge on any atom is -0.239 e. The molecular formula is C15H22N2OS. The zero-order chi connectivity index (χ0) is 13.7. The first-order valence-corrected chi connectivity index (χ1v) is 8.04. The van der Waals surface area contributed by atoms with Gasteiger partial charge in [0.25, 0.3) is 0 Å². The lowest BCUT2D eigenvalue weighted by molar-refractivity contribution is 0.534. The van der Waals surface area contributed by atoms with Crippen molar-refractivity contribution in [2.75, 3.05) is 6.54 Å². The molecule has 0 saturated heterocycles. The van der Waals surface area contributed by atoms with Crippen LogP contribution in [0, 0.1) is 5.92 Å². The molecular weight excluding hydrogens is 256 g/mol. The van der Waals surface area contributed by atoms with Crippen molar-refractivity contribution < 1.29 is 4.21 Å². The molecule has 0 heterocycles. The fraction of sp³-hybridized carbons (Fsp3) is 0.467. The van der Waals surface area contributed by atoms with Gasteiger partial charge in [-0.2, -0.15) is 0 Å². The Morgan fingerprint density at radius 2 is 2.11 bits per heavy atom. The molecule has 2 rings (SSSR count). The van der Waals surface area contributed by atoms with Crippen LogP contribution in [-0.2, 0) is 17.6 Å². The van der Waals surface area contributed by atoms with Crippen LogP contribution >= 0.6 is 0 Å². The molecule has 3 N–H and O–H groups in total. The lowest BCUT2D eigenvalue weighted by Gasteiger charge is -2.18. The van der Waals surface area contributed by atoms with Crippen molar-refractivity contribution in [3.05, 3.63) is 41.5 Å². The largest absolute Gasteiger partial charge is 0.239 e. The van der Waals surface area contributed by atoms with Gasteiger partial charge < -0.3 is 0 Å². The fourth-order valence-corrected chi connectivity index (χ4v) is 2.71. The number of hydrogen-bond donors (Lipinski definition) is 2. The van der Waals surface area contributed by atoms with E-state index >= 15 is 0 Å². The molecule has 0 radical (unpaired) electrons. The maximum absolute atomic E-state index is 10.7. The first kappa shape index (κ1) is 14.4. The summed E-state index contributed by atoms with van der Waals surface area (Å²) >= 11 is -1.41. The second-order valence-electron chi connectivity index (χ2n) is 5.25. The van der Waals surface area contributed by atoms with Crippen molar-refractivity contribution in [1.29, 1.82) is 0 Å². The first-order valence-electron chi connectivity index (χ1n) is 6.83. The number of hydrogen-bond acceptors (Lipinski definition) is 1. The smallest absolute Gasteiger partial charge is 0.164 e. The Kier molecular flexibility index (Phi) is 5.31. The van der Waals surface area contributed by atoms with Crippen molar-refractivity contribution in [3.8, 4) is 0 Å². The fourth-order valence-electron chi connectivity index (χ4n) is 2.41. The van der Waals surface area contributed by atoms with E-state index in [-0.39, 0.29) is 0 Å². The highest BCUT2D eigenvalue weighted by atomic mass is 32.2. The Bertz CT molecular complexity index is 468. The topological polar surface area (TPSA) is 55.1 Å². The van der Waals surface area contributed by atoms with Gasteiger partial charge in [0.1, 0.15) is 0 Å². The van der Waals surface area contributed by atoms with Crippen LogP contribution in [0.2, 0.25) is 0 Å². The van der Waals surface area contributed by atoms with Crippen LogP contribution < -0.4 is 9.86 Å². The minimum atomic E-state index is -1.41. The SMILES string of the molecule is CC1CC=C(c2ccc(CCNS(N)=O)cc2)CC1. The van der Waals surface area contributed by atoms with E-state index in [1.54, 1.807) is 0 Å². The summed E-state index contributed by atoms with van der Waals surface area (Å²) in [6, 6.07) is 8.68. The maximum atomic E-state index is 10.7. The highest BCUT2D eigenvalue weighted by Gasteiger charge is 2.11. The number of nitrogens with two attached hydrogens (primary N) is 1. The number of rotatable bonds is 5. The molecule has 0 fully saturated rings. The van der Waals surface area contributed by atoms with Crippen LogP contribution in [0.5, 0.6) is 0 Å². The van der Waals surface area contributed by atoms with Crippen LogP contribution in [0.3, 0.4) is 0 Å². The summed E-state index contributed by atoms with van der Waals surface area (Å²) in [5.41, 5.74) is 4.06. The van der Waals surface area contributed by atoms with Gasteiger partial charge in [0.05, 0.1) is 0 Å². The van der Waals surface area contributed by atoms with E-state index in [4.69, 9.17) is 5.14 Å². The van der Waals surface area contributed by atoms with Crippen LogP contribution in [0.25, 0.3) is 5.57 Å². The van der Waals surface area contributed by atoms with Crippen molar-refractivity contribution in [2.24, 2.45) is 11.1 Å². The van der Waals surface area contributed by atoms with Gasteiger partial charge in [-0.3, -0.25) is 0 Å². The van der Waals surface area contributed by atoms with Crippen LogP contribution in [-0.4, -0.2) is 10.8 Å². The second kappa shape index (κ2) is 6.98.